The van der Waals surface area contributed by atoms with Crippen molar-refractivity contribution >= 4 is 54.8 Å². The molecule has 126 valence electrons. The SMILES string of the molecule is O=C(c1ccc(Br)o1)N1N=C(c2cccs2)C[C@H]1c1cccc(Br)c1. The number of hydrazone groups is 1. The highest BCUT2D eigenvalue weighted by Gasteiger charge is 2.35. The third-order valence-electron chi connectivity index (χ3n) is 3.94. The van der Waals surface area contributed by atoms with Gasteiger partial charge in [-0.05, 0) is 57.2 Å². The lowest BCUT2D eigenvalue weighted by Gasteiger charge is -2.21. The molecule has 0 saturated carbocycles. The van der Waals surface area contributed by atoms with E-state index in [1.165, 1.54) is 5.01 Å². The lowest BCUT2D eigenvalue weighted by Crippen LogP contribution is -2.26. The molecule has 1 amide bonds. The number of halogens is 2. The number of rotatable bonds is 3. The molecule has 1 aliphatic heterocycles. The molecule has 7 heteroatoms. The van der Waals surface area contributed by atoms with Crippen molar-refractivity contribution in [2.45, 2.75) is 12.5 Å². The molecule has 4 nitrogen and oxygen atoms in total. The van der Waals surface area contributed by atoms with Gasteiger partial charge in [-0.3, -0.25) is 4.79 Å². The molecule has 0 spiro atoms. The fourth-order valence-corrected chi connectivity index (χ4v) is 4.25. The first-order valence-electron chi connectivity index (χ1n) is 7.57. The first kappa shape index (κ1) is 16.8. The standard InChI is InChI=1S/C18H12Br2N2O2S/c19-12-4-1-3-11(9-12)14-10-13(16-5-2-8-25-16)21-22(14)18(23)15-6-7-17(20)24-15/h1-9,14H,10H2/t14-/m0/s1. The van der Waals surface area contributed by atoms with Crippen LogP contribution in [-0.4, -0.2) is 16.6 Å². The molecule has 0 saturated heterocycles. The highest BCUT2D eigenvalue weighted by molar-refractivity contribution is 9.10. The number of amides is 1. The Bertz CT molecular complexity index is 950. The minimum atomic E-state index is -0.248. The average molecular weight is 480 g/mol. The maximum Gasteiger partial charge on any atom is 0.310 e. The smallest absolute Gasteiger partial charge is 0.310 e. The van der Waals surface area contributed by atoms with E-state index in [0.717, 1.165) is 20.6 Å². The van der Waals surface area contributed by atoms with Crippen molar-refractivity contribution in [3.05, 3.63) is 79.3 Å². The number of carbonyl (C=O) groups is 1. The van der Waals surface area contributed by atoms with Crippen molar-refractivity contribution in [1.82, 2.24) is 5.01 Å². The molecule has 3 aromatic rings. The first-order valence-corrected chi connectivity index (χ1v) is 10.0. The third kappa shape index (κ3) is 3.36. The summed E-state index contributed by atoms with van der Waals surface area (Å²) in [6.45, 7) is 0. The van der Waals surface area contributed by atoms with Gasteiger partial charge in [0.05, 0.1) is 16.6 Å². The zero-order chi connectivity index (χ0) is 17.4. The quantitative estimate of drug-likeness (QED) is 0.472. The third-order valence-corrected chi connectivity index (χ3v) is 5.78. The summed E-state index contributed by atoms with van der Waals surface area (Å²) in [5.74, 6) is 0.0188. The van der Waals surface area contributed by atoms with Crippen molar-refractivity contribution in [1.29, 1.82) is 0 Å². The van der Waals surface area contributed by atoms with Crippen molar-refractivity contribution in [3.63, 3.8) is 0 Å². The van der Waals surface area contributed by atoms with E-state index in [-0.39, 0.29) is 17.7 Å². The van der Waals surface area contributed by atoms with Crippen LogP contribution in [0.15, 0.2) is 72.6 Å². The van der Waals surface area contributed by atoms with Gasteiger partial charge in [-0.15, -0.1) is 11.3 Å². The first-order chi connectivity index (χ1) is 12.1. The van der Waals surface area contributed by atoms with Crippen LogP contribution in [0.1, 0.15) is 33.5 Å². The van der Waals surface area contributed by atoms with Gasteiger partial charge in [0.15, 0.2) is 10.4 Å². The highest BCUT2D eigenvalue weighted by atomic mass is 79.9. The van der Waals surface area contributed by atoms with E-state index < -0.39 is 0 Å². The fourth-order valence-electron chi connectivity index (χ4n) is 2.80. The second-order valence-corrected chi connectivity index (χ2v) is 8.20. The molecule has 3 heterocycles. The maximum atomic E-state index is 12.9. The molecule has 0 unspecified atom stereocenters. The van der Waals surface area contributed by atoms with Crippen LogP contribution in [0, 0.1) is 0 Å². The Hall–Kier alpha value is -1.70. The van der Waals surface area contributed by atoms with E-state index >= 15 is 0 Å². The average Bonchev–Trinajstić information content (AvgIpc) is 3.34. The van der Waals surface area contributed by atoms with Gasteiger partial charge in [0, 0.05) is 10.9 Å². The van der Waals surface area contributed by atoms with E-state index in [4.69, 9.17) is 4.42 Å². The van der Waals surface area contributed by atoms with Crippen molar-refractivity contribution in [3.8, 4) is 0 Å². The zero-order valence-electron chi connectivity index (χ0n) is 12.9. The Morgan fingerprint density at radius 1 is 1.20 bits per heavy atom. The Kier molecular flexibility index (Phi) is 4.62. The van der Waals surface area contributed by atoms with Gasteiger partial charge in [0.1, 0.15) is 0 Å². The number of thiophene rings is 1. The molecule has 25 heavy (non-hydrogen) atoms. The summed E-state index contributed by atoms with van der Waals surface area (Å²) in [5, 5.41) is 8.17. The van der Waals surface area contributed by atoms with Crippen molar-refractivity contribution in [2.24, 2.45) is 5.10 Å². The van der Waals surface area contributed by atoms with Crippen molar-refractivity contribution < 1.29 is 9.21 Å². The predicted octanol–water partition coefficient (Wildman–Crippen LogP) is 5.86. The Balaban J connectivity index is 1.73. The van der Waals surface area contributed by atoms with Crippen LogP contribution in [0.4, 0.5) is 0 Å². The number of carbonyl (C=O) groups excluding carboxylic acids is 1. The van der Waals surface area contributed by atoms with Gasteiger partial charge in [-0.25, -0.2) is 5.01 Å². The summed E-state index contributed by atoms with van der Waals surface area (Å²) in [4.78, 5) is 14.0. The van der Waals surface area contributed by atoms with Gasteiger partial charge in [-0.1, -0.05) is 34.1 Å². The van der Waals surface area contributed by atoms with Crippen LogP contribution in [0.25, 0.3) is 0 Å². The largest absolute Gasteiger partial charge is 0.444 e. The van der Waals surface area contributed by atoms with Gasteiger partial charge in [0.2, 0.25) is 0 Å². The van der Waals surface area contributed by atoms with E-state index in [1.54, 1.807) is 23.5 Å². The Morgan fingerprint density at radius 3 is 2.76 bits per heavy atom. The van der Waals surface area contributed by atoms with Crippen LogP contribution >= 0.6 is 43.2 Å². The monoisotopic (exact) mass is 478 g/mol. The summed E-state index contributed by atoms with van der Waals surface area (Å²) in [7, 11) is 0. The van der Waals surface area contributed by atoms with Crippen molar-refractivity contribution in [2.75, 3.05) is 0 Å². The number of hydrogen-bond acceptors (Lipinski definition) is 4. The molecule has 1 aliphatic rings. The minimum Gasteiger partial charge on any atom is -0.444 e. The fraction of sp³-hybridized carbons (Fsp3) is 0.111. The van der Waals surface area contributed by atoms with E-state index in [0.29, 0.717) is 11.1 Å². The molecule has 0 radical (unpaired) electrons. The van der Waals surface area contributed by atoms with Crippen LogP contribution in [0.5, 0.6) is 0 Å². The van der Waals surface area contributed by atoms with Crippen LogP contribution in [0.3, 0.4) is 0 Å². The summed E-state index contributed by atoms with van der Waals surface area (Å²) < 4.78 is 6.94. The van der Waals surface area contributed by atoms with E-state index in [9.17, 15) is 4.79 Å². The van der Waals surface area contributed by atoms with E-state index in [2.05, 4.69) is 37.0 Å². The summed E-state index contributed by atoms with van der Waals surface area (Å²) in [6, 6.07) is 15.2. The summed E-state index contributed by atoms with van der Waals surface area (Å²) in [5.41, 5.74) is 1.95. The van der Waals surface area contributed by atoms with Gasteiger partial charge < -0.3 is 4.42 Å². The normalized spacial score (nSPS) is 17.0. The van der Waals surface area contributed by atoms with Crippen LogP contribution in [0.2, 0.25) is 0 Å². The van der Waals surface area contributed by atoms with Crippen LogP contribution in [-0.2, 0) is 0 Å². The molecule has 1 atom stereocenters. The number of benzene rings is 1. The molecule has 0 bridgehead atoms. The van der Waals surface area contributed by atoms with Crippen LogP contribution < -0.4 is 0 Å². The lowest BCUT2D eigenvalue weighted by molar-refractivity contribution is 0.0677. The molecular weight excluding hydrogens is 468 g/mol. The Morgan fingerprint density at radius 2 is 2.08 bits per heavy atom. The summed E-state index contributed by atoms with van der Waals surface area (Å²) in [6.07, 6.45) is 0.671. The number of nitrogens with zero attached hydrogens (tertiary/aromatic N) is 2. The molecule has 1 aromatic carbocycles. The zero-order valence-corrected chi connectivity index (χ0v) is 16.8. The van der Waals surface area contributed by atoms with Gasteiger partial charge >= 0.3 is 5.91 Å². The maximum absolute atomic E-state index is 12.9. The topological polar surface area (TPSA) is 45.8 Å². The predicted molar refractivity (Wildman–Crippen MR) is 105 cm³/mol. The summed E-state index contributed by atoms with van der Waals surface area (Å²) >= 11 is 8.37. The second kappa shape index (κ2) is 6.90. The number of hydrogen-bond donors (Lipinski definition) is 0. The second-order valence-electron chi connectivity index (χ2n) is 5.55. The molecule has 0 N–H and O–H groups in total. The lowest BCUT2D eigenvalue weighted by atomic mass is 10.0. The van der Waals surface area contributed by atoms with Gasteiger partial charge in [-0.2, -0.15) is 5.10 Å². The molecule has 2 aromatic heterocycles. The Labute approximate surface area is 165 Å². The van der Waals surface area contributed by atoms with E-state index in [1.807, 2.05) is 41.8 Å². The molecular formula is C18H12Br2N2O2S. The van der Waals surface area contributed by atoms with Gasteiger partial charge in [0.25, 0.3) is 0 Å². The minimum absolute atomic E-state index is 0.161. The molecule has 4 rings (SSSR count). The molecule has 0 aliphatic carbocycles. The molecule has 0 fully saturated rings. The number of furan rings is 1. The highest BCUT2D eigenvalue weighted by Crippen LogP contribution is 2.36.